The number of carbonyl (C=O) groups is 1. The molecule has 2 aliphatic rings. The molecule has 166 valence electrons. The van der Waals surface area contributed by atoms with Gasteiger partial charge < -0.3 is 24.6 Å². The van der Waals surface area contributed by atoms with Crippen LogP contribution in [-0.4, -0.2) is 62.8 Å². The van der Waals surface area contributed by atoms with Crippen molar-refractivity contribution in [3.05, 3.63) is 53.6 Å². The van der Waals surface area contributed by atoms with E-state index in [9.17, 15) is 4.79 Å². The van der Waals surface area contributed by atoms with E-state index in [1.165, 1.54) is 5.69 Å². The highest BCUT2D eigenvalue weighted by molar-refractivity contribution is 6.05. The first-order valence-electron chi connectivity index (χ1n) is 11.4. The Labute approximate surface area is 185 Å². The summed E-state index contributed by atoms with van der Waals surface area (Å²) in [7, 11) is 0. The van der Waals surface area contributed by atoms with Crippen molar-refractivity contribution in [2.75, 3.05) is 56.2 Å². The molecule has 0 saturated carbocycles. The predicted molar refractivity (Wildman–Crippen MR) is 124 cm³/mol. The Bertz CT molecular complexity index is 887. The van der Waals surface area contributed by atoms with Crippen LogP contribution in [0, 0.1) is 6.92 Å². The largest absolute Gasteiger partial charge is 0.491 e. The maximum atomic E-state index is 12.8. The molecule has 0 bridgehead atoms. The third-order valence-corrected chi connectivity index (χ3v) is 6.20. The number of carbonyl (C=O) groups excluding carboxylic acids is 1. The van der Waals surface area contributed by atoms with Crippen LogP contribution in [0.4, 0.5) is 11.4 Å². The zero-order valence-corrected chi connectivity index (χ0v) is 18.6. The molecule has 2 aromatic carbocycles. The third-order valence-electron chi connectivity index (χ3n) is 6.20. The molecule has 1 N–H and O–H groups in total. The molecule has 0 aliphatic carbocycles. The molecule has 0 aromatic heterocycles. The number of ether oxygens (including phenoxy) is 2. The molecular weight excluding hydrogens is 390 g/mol. The van der Waals surface area contributed by atoms with Gasteiger partial charge in [0.1, 0.15) is 12.4 Å². The molecule has 2 fully saturated rings. The van der Waals surface area contributed by atoms with Gasteiger partial charge in [0, 0.05) is 49.7 Å². The fourth-order valence-corrected chi connectivity index (χ4v) is 4.19. The van der Waals surface area contributed by atoms with Gasteiger partial charge in [-0.15, -0.1) is 0 Å². The summed E-state index contributed by atoms with van der Waals surface area (Å²) in [4.78, 5) is 17.7. The van der Waals surface area contributed by atoms with Crippen LogP contribution in [0.25, 0.3) is 0 Å². The Hall–Kier alpha value is -2.57. The lowest BCUT2D eigenvalue weighted by atomic mass is 10.1. The first-order valence-corrected chi connectivity index (χ1v) is 11.4. The SMILES string of the molecule is CCN1CCN(c2ccc(NC(=O)c3cccc(OC[C@@H]4CCCO4)c3)c(C)c2)CC1. The van der Waals surface area contributed by atoms with Gasteiger partial charge in [-0.2, -0.15) is 0 Å². The first kappa shape index (κ1) is 21.7. The highest BCUT2D eigenvalue weighted by Gasteiger charge is 2.18. The van der Waals surface area contributed by atoms with Gasteiger partial charge in [0.15, 0.2) is 0 Å². The van der Waals surface area contributed by atoms with Crippen molar-refractivity contribution < 1.29 is 14.3 Å². The first-order chi connectivity index (χ1) is 15.1. The smallest absolute Gasteiger partial charge is 0.255 e. The number of amides is 1. The van der Waals surface area contributed by atoms with Gasteiger partial charge in [0.2, 0.25) is 0 Å². The summed E-state index contributed by atoms with van der Waals surface area (Å²) in [5, 5.41) is 3.05. The molecule has 0 unspecified atom stereocenters. The quantitative estimate of drug-likeness (QED) is 0.731. The zero-order valence-electron chi connectivity index (χ0n) is 18.6. The third kappa shape index (κ3) is 5.57. The molecule has 2 aromatic rings. The van der Waals surface area contributed by atoms with Crippen LogP contribution in [0.15, 0.2) is 42.5 Å². The summed E-state index contributed by atoms with van der Waals surface area (Å²) >= 11 is 0. The fourth-order valence-electron chi connectivity index (χ4n) is 4.19. The Balaban J connectivity index is 1.36. The number of piperazine rings is 1. The van der Waals surface area contributed by atoms with Gasteiger partial charge in [0.25, 0.3) is 5.91 Å². The van der Waals surface area contributed by atoms with Gasteiger partial charge in [-0.05, 0) is 68.3 Å². The number of aryl methyl sites for hydroxylation is 1. The molecule has 0 radical (unpaired) electrons. The van der Waals surface area contributed by atoms with Crippen molar-refractivity contribution in [3.8, 4) is 5.75 Å². The summed E-state index contributed by atoms with van der Waals surface area (Å²) in [6.07, 6.45) is 2.27. The molecule has 0 spiro atoms. The summed E-state index contributed by atoms with van der Waals surface area (Å²) in [5.41, 5.74) is 3.71. The topological polar surface area (TPSA) is 54.0 Å². The number of likely N-dealkylation sites (N-methyl/N-ethyl adjacent to an activating group) is 1. The lowest BCUT2D eigenvalue weighted by molar-refractivity contribution is 0.0679. The Morgan fingerprint density at radius 3 is 2.71 bits per heavy atom. The second kappa shape index (κ2) is 10.2. The molecule has 2 saturated heterocycles. The van der Waals surface area contributed by atoms with Gasteiger partial charge in [-0.25, -0.2) is 0 Å². The number of hydrogen-bond donors (Lipinski definition) is 1. The lowest BCUT2D eigenvalue weighted by Crippen LogP contribution is -2.46. The number of anilines is 2. The van der Waals surface area contributed by atoms with Crippen LogP contribution in [0.3, 0.4) is 0 Å². The molecule has 6 heteroatoms. The van der Waals surface area contributed by atoms with E-state index in [1.807, 2.05) is 31.2 Å². The maximum absolute atomic E-state index is 12.8. The second-order valence-corrected chi connectivity index (χ2v) is 8.35. The van der Waals surface area contributed by atoms with E-state index in [2.05, 4.69) is 34.2 Å². The average molecular weight is 424 g/mol. The van der Waals surface area contributed by atoms with Crippen molar-refractivity contribution >= 4 is 17.3 Å². The second-order valence-electron chi connectivity index (χ2n) is 8.35. The van der Waals surface area contributed by atoms with E-state index in [-0.39, 0.29) is 12.0 Å². The minimum atomic E-state index is -0.130. The van der Waals surface area contributed by atoms with E-state index >= 15 is 0 Å². The monoisotopic (exact) mass is 423 g/mol. The van der Waals surface area contributed by atoms with Crippen molar-refractivity contribution in [1.29, 1.82) is 0 Å². The summed E-state index contributed by atoms with van der Waals surface area (Å²) in [6, 6.07) is 13.6. The van der Waals surface area contributed by atoms with Crippen LogP contribution in [0.1, 0.15) is 35.7 Å². The number of rotatable bonds is 7. The molecular formula is C25H33N3O3. The van der Waals surface area contributed by atoms with E-state index in [0.717, 1.165) is 63.4 Å². The van der Waals surface area contributed by atoms with Crippen LogP contribution in [0.5, 0.6) is 5.75 Å². The molecule has 31 heavy (non-hydrogen) atoms. The number of hydrogen-bond acceptors (Lipinski definition) is 5. The number of nitrogens with one attached hydrogen (secondary N) is 1. The van der Waals surface area contributed by atoms with Gasteiger partial charge >= 0.3 is 0 Å². The fraction of sp³-hybridized carbons (Fsp3) is 0.480. The van der Waals surface area contributed by atoms with E-state index in [1.54, 1.807) is 6.07 Å². The van der Waals surface area contributed by atoms with E-state index < -0.39 is 0 Å². The zero-order chi connectivity index (χ0) is 21.6. The summed E-state index contributed by atoms with van der Waals surface area (Å²) < 4.78 is 11.4. The number of nitrogens with zero attached hydrogens (tertiary/aromatic N) is 2. The van der Waals surface area contributed by atoms with Gasteiger partial charge in [0.05, 0.1) is 6.10 Å². The molecule has 6 nitrogen and oxygen atoms in total. The normalized spacial score (nSPS) is 19.4. The van der Waals surface area contributed by atoms with Crippen LogP contribution >= 0.6 is 0 Å². The highest BCUT2D eigenvalue weighted by atomic mass is 16.5. The van der Waals surface area contributed by atoms with Crippen LogP contribution in [0.2, 0.25) is 0 Å². The van der Waals surface area contributed by atoms with Gasteiger partial charge in [-0.1, -0.05) is 13.0 Å². The molecule has 2 aliphatic heterocycles. The predicted octanol–water partition coefficient (Wildman–Crippen LogP) is 3.95. The Morgan fingerprint density at radius 1 is 1.16 bits per heavy atom. The maximum Gasteiger partial charge on any atom is 0.255 e. The molecule has 4 rings (SSSR count). The van der Waals surface area contributed by atoms with Gasteiger partial charge in [-0.3, -0.25) is 4.79 Å². The average Bonchev–Trinajstić information content (AvgIpc) is 3.33. The lowest BCUT2D eigenvalue weighted by Gasteiger charge is -2.35. The van der Waals surface area contributed by atoms with Crippen molar-refractivity contribution in [1.82, 2.24) is 4.90 Å². The van der Waals surface area contributed by atoms with Crippen LogP contribution < -0.4 is 15.0 Å². The Morgan fingerprint density at radius 2 is 2.00 bits per heavy atom. The minimum Gasteiger partial charge on any atom is -0.491 e. The highest BCUT2D eigenvalue weighted by Crippen LogP contribution is 2.25. The molecule has 1 atom stereocenters. The van der Waals surface area contributed by atoms with E-state index in [4.69, 9.17) is 9.47 Å². The minimum absolute atomic E-state index is 0.130. The summed E-state index contributed by atoms with van der Waals surface area (Å²) in [6.45, 7) is 11.0. The van der Waals surface area contributed by atoms with E-state index in [0.29, 0.717) is 17.9 Å². The van der Waals surface area contributed by atoms with Crippen molar-refractivity contribution in [3.63, 3.8) is 0 Å². The Kier molecular flexibility index (Phi) is 7.10. The summed E-state index contributed by atoms with van der Waals surface area (Å²) in [5.74, 6) is 0.566. The van der Waals surface area contributed by atoms with Crippen molar-refractivity contribution in [2.45, 2.75) is 32.8 Å². The molecule has 1 amide bonds. The molecule has 2 heterocycles. The number of benzene rings is 2. The van der Waals surface area contributed by atoms with Crippen LogP contribution in [-0.2, 0) is 4.74 Å². The van der Waals surface area contributed by atoms with Crippen molar-refractivity contribution in [2.24, 2.45) is 0 Å². The standard InChI is InChI=1S/C25H33N3O3/c1-3-27-11-13-28(14-12-27)21-9-10-24(19(2)16-21)26-25(29)20-6-4-7-22(17-20)31-18-23-8-5-15-30-23/h4,6-7,9-10,16-17,23H,3,5,8,11-15,18H2,1-2H3,(H,26,29)/t23-/m0/s1.